The minimum Gasteiger partial charge on any atom is -0.508 e. The number of phenols is 1. The van der Waals surface area contributed by atoms with Crippen LogP contribution in [-0.4, -0.2) is 99.1 Å². The topological polar surface area (TPSA) is 203 Å². The van der Waals surface area contributed by atoms with Crippen LogP contribution in [-0.2, 0) is 32.1 Å². The Bertz CT molecular complexity index is 1480. The number of rotatable bonds is 6. The highest BCUT2D eigenvalue weighted by atomic mass is 35.6. The molecule has 4 atom stereocenters. The number of hydrogen-bond donors (Lipinski definition) is 6. The van der Waals surface area contributed by atoms with Crippen molar-refractivity contribution in [1.82, 2.24) is 10.2 Å². The molecule has 0 aromatic heterocycles. The number of primary amides is 1. The van der Waals surface area contributed by atoms with Gasteiger partial charge >= 0.3 is 6.09 Å². The lowest BCUT2D eigenvalue weighted by molar-refractivity contribution is -0.153. The Morgan fingerprint density at radius 2 is 1.79 bits per heavy atom. The van der Waals surface area contributed by atoms with Crippen LogP contribution in [0.15, 0.2) is 23.0 Å². The molecule has 0 spiro atoms. The van der Waals surface area contributed by atoms with Crippen LogP contribution >= 0.6 is 34.8 Å². The number of likely N-dealkylation sites (N-methyl/N-ethyl adjacent to an activating group) is 1. The number of anilines is 1. The fraction of sp³-hybridized carbons (Fsp3) is 0.481. The number of ketones is 2. The van der Waals surface area contributed by atoms with Gasteiger partial charge in [-0.2, -0.15) is 0 Å². The number of benzene rings is 1. The number of carbonyl (C=O) groups excluding carboxylic acids is 4. The molecule has 13 nitrogen and oxygen atoms in total. The van der Waals surface area contributed by atoms with Gasteiger partial charge in [-0.25, -0.2) is 4.79 Å². The number of fused-ring (bicyclic) bond motifs is 3. The Labute approximate surface area is 261 Å². The lowest BCUT2D eigenvalue weighted by Crippen LogP contribution is -2.65. The van der Waals surface area contributed by atoms with E-state index in [1.165, 1.54) is 19.0 Å². The largest absolute Gasteiger partial charge is 0.508 e. The SMILES string of the molecule is CN(C)c1cc(CNC(=O)OCC(Cl)(Cl)Cl)c(O)c2c1CC1CC3[C@@H](N(C)C)C(=O)C(C(N)=O)=C(O)[C@@]3(O)C(=O)C1=C2O. The van der Waals surface area contributed by atoms with Crippen LogP contribution in [0.1, 0.15) is 23.1 Å². The summed E-state index contributed by atoms with van der Waals surface area (Å²) < 4.78 is 3.00. The molecule has 7 N–H and O–H groups in total. The maximum Gasteiger partial charge on any atom is 0.407 e. The molecule has 234 valence electrons. The summed E-state index contributed by atoms with van der Waals surface area (Å²) in [6.45, 7) is -0.829. The highest BCUT2D eigenvalue weighted by molar-refractivity contribution is 6.67. The molecule has 2 amide bonds. The van der Waals surface area contributed by atoms with Crippen molar-refractivity contribution in [2.75, 3.05) is 39.7 Å². The van der Waals surface area contributed by atoms with Gasteiger partial charge in [0.1, 0.15) is 29.4 Å². The number of nitrogens with one attached hydrogen (secondary N) is 1. The smallest absolute Gasteiger partial charge is 0.407 e. The predicted octanol–water partition coefficient (Wildman–Crippen LogP) is 1.63. The van der Waals surface area contributed by atoms with Gasteiger partial charge in [-0.05, 0) is 44.5 Å². The van der Waals surface area contributed by atoms with E-state index in [1.54, 1.807) is 25.1 Å². The first-order chi connectivity index (χ1) is 19.8. The van der Waals surface area contributed by atoms with Gasteiger partial charge in [0.2, 0.25) is 9.58 Å². The molecule has 43 heavy (non-hydrogen) atoms. The third-order valence-corrected chi connectivity index (χ3v) is 8.38. The Hall–Kier alpha value is -3.23. The van der Waals surface area contributed by atoms with E-state index in [9.17, 15) is 39.6 Å². The van der Waals surface area contributed by atoms with Crippen molar-refractivity contribution in [3.05, 3.63) is 39.7 Å². The van der Waals surface area contributed by atoms with Gasteiger partial charge in [0.15, 0.2) is 11.4 Å². The van der Waals surface area contributed by atoms with Crippen molar-refractivity contribution >= 4 is 69.8 Å². The molecule has 1 saturated carbocycles. The number of nitrogens with two attached hydrogens (primary N) is 1. The number of alkyl carbamates (subject to hydrolysis) is 1. The van der Waals surface area contributed by atoms with Crippen molar-refractivity contribution in [2.45, 2.75) is 34.8 Å². The van der Waals surface area contributed by atoms with Crippen LogP contribution in [0.3, 0.4) is 0 Å². The molecule has 4 rings (SSSR count). The average molecular weight is 662 g/mol. The zero-order valence-corrected chi connectivity index (χ0v) is 25.8. The molecular formula is C27H31Cl3N4O9. The molecule has 1 fully saturated rings. The maximum atomic E-state index is 14.0. The summed E-state index contributed by atoms with van der Waals surface area (Å²) in [4.78, 5) is 54.7. The molecule has 16 heteroatoms. The standard InChI is InChI=1S/C27H31Cl3N4O9/c1-33(2)14-7-11(8-32-25(41)43-9-26(28,29)30)19(35)16-12(14)5-10-6-13-18(34(3)4)21(37)17(24(31)40)23(39)27(13,42)22(38)15(10)20(16)36/h7,10,13,18,35-36,39,42H,5-6,8-9H2,1-4H3,(H2,31,40)(H,32,41)/t10?,13?,18-,27+/m1/s1. The summed E-state index contributed by atoms with van der Waals surface area (Å²) in [5.74, 6) is -7.49. The summed E-state index contributed by atoms with van der Waals surface area (Å²) >= 11 is 16.8. The summed E-state index contributed by atoms with van der Waals surface area (Å²) in [7, 11) is 6.49. The third-order valence-electron chi connectivity index (χ3n) is 8.05. The van der Waals surface area contributed by atoms with E-state index in [0.29, 0.717) is 11.3 Å². The molecule has 0 aliphatic heterocycles. The van der Waals surface area contributed by atoms with E-state index < -0.39 is 80.3 Å². The number of carbonyl (C=O) groups is 4. The molecule has 0 saturated heterocycles. The van der Waals surface area contributed by atoms with Crippen LogP contribution in [0.5, 0.6) is 5.75 Å². The number of hydrogen-bond acceptors (Lipinski definition) is 11. The second kappa shape index (κ2) is 11.4. The molecular weight excluding hydrogens is 631 g/mol. The Kier molecular flexibility index (Phi) is 8.63. The molecule has 0 heterocycles. The molecule has 0 bridgehead atoms. The van der Waals surface area contributed by atoms with Crippen molar-refractivity contribution in [3.8, 4) is 5.75 Å². The van der Waals surface area contributed by atoms with E-state index in [-0.39, 0.29) is 36.1 Å². The number of nitrogens with zero attached hydrogens (tertiary/aromatic N) is 2. The van der Waals surface area contributed by atoms with Crippen LogP contribution in [0.2, 0.25) is 0 Å². The summed E-state index contributed by atoms with van der Waals surface area (Å²) in [6, 6.07) is 0.400. The van der Waals surface area contributed by atoms with E-state index in [0.717, 1.165) is 0 Å². The minimum atomic E-state index is -2.75. The normalized spacial score (nSPS) is 25.3. The van der Waals surface area contributed by atoms with E-state index >= 15 is 0 Å². The highest BCUT2D eigenvalue weighted by Gasteiger charge is 2.64. The molecule has 2 unspecified atom stereocenters. The number of Topliss-reactive ketones (excluding diaryl/α,β-unsaturated/α-hetero) is 2. The fourth-order valence-electron chi connectivity index (χ4n) is 6.25. The van der Waals surface area contributed by atoms with Gasteiger partial charge in [0.25, 0.3) is 5.91 Å². The minimum absolute atomic E-state index is 0.0439. The number of phenolic OH excluding ortho intramolecular Hbond substituents is 1. The Morgan fingerprint density at radius 3 is 2.33 bits per heavy atom. The number of alkyl halides is 3. The third kappa shape index (κ3) is 5.48. The monoisotopic (exact) mass is 660 g/mol. The second-order valence-corrected chi connectivity index (χ2v) is 13.7. The lowest BCUT2D eigenvalue weighted by Gasteiger charge is -2.50. The lowest BCUT2D eigenvalue weighted by atomic mass is 9.57. The first-order valence-corrected chi connectivity index (χ1v) is 14.1. The second-order valence-electron chi connectivity index (χ2n) is 11.2. The average Bonchev–Trinajstić information content (AvgIpc) is 2.88. The summed E-state index contributed by atoms with van der Waals surface area (Å²) in [5.41, 5.74) is 2.44. The van der Waals surface area contributed by atoms with Crippen LogP contribution in [0.25, 0.3) is 5.76 Å². The number of ether oxygens (including phenoxy) is 1. The molecule has 1 aromatic carbocycles. The molecule has 1 aromatic rings. The maximum absolute atomic E-state index is 14.0. The predicted molar refractivity (Wildman–Crippen MR) is 157 cm³/mol. The highest BCUT2D eigenvalue weighted by Crippen LogP contribution is 2.54. The number of halogens is 3. The first-order valence-electron chi connectivity index (χ1n) is 13.0. The quantitative estimate of drug-likeness (QED) is 0.191. The van der Waals surface area contributed by atoms with Gasteiger partial charge in [-0.15, -0.1) is 0 Å². The molecule has 3 aliphatic carbocycles. The van der Waals surface area contributed by atoms with Crippen molar-refractivity contribution in [3.63, 3.8) is 0 Å². The number of aliphatic hydroxyl groups excluding tert-OH is 2. The fourth-order valence-corrected chi connectivity index (χ4v) is 6.41. The zero-order chi connectivity index (χ0) is 32.3. The summed E-state index contributed by atoms with van der Waals surface area (Å²) in [5, 5.41) is 47.9. The Morgan fingerprint density at radius 1 is 1.16 bits per heavy atom. The molecule has 3 aliphatic rings. The van der Waals surface area contributed by atoms with Crippen molar-refractivity contribution in [1.29, 1.82) is 0 Å². The van der Waals surface area contributed by atoms with Crippen LogP contribution in [0.4, 0.5) is 10.5 Å². The van der Waals surface area contributed by atoms with Crippen LogP contribution < -0.4 is 16.0 Å². The number of aromatic hydroxyl groups is 1. The van der Waals surface area contributed by atoms with E-state index in [1.807, 2.05) is 0 Å². The van der Waals surface area contributed by atoms with E-state index in [2.05, 4.69) is 5.32 Å². The first kappa shape index (κ1) is 32.7. The molecule has 0 radical (unpaired) electrons. The number of amides is 2. The van der Waals surface area contributed by atoms with Crippen molar-refractivity contribution < 1.29 is 44.3 Å². The Balaban J connectivity index is 1.84. The zero-order valence-electron chi connectivity index (χ0n) is 23.6. The van der Waals surface area contributed by atoms with E-state index in [4.69, 9.17) is 45.3 Å². The van der Waals surface area contributed by atoms with Gasteiger partial charge in [-0.3, -0.25) is 19.3 Å². The van der Waals surface area contributed by atoms with Gasteiger partial charge in [0.05, 0.1) is 11.6 Å². The number of aliphatic hydroxyl groups is 3. The summed E-state index contributed by atoms with van der Waals surface area (Å²) in [6.07, 6.45) is -0.894. The van der Waals surface area contributed by atoms with Gasteiger partial charge in [-0.1, -0.05) is 34.8 Å². The van der Waals surface area contributed by atoms with Gasteiger partial charge in [0, 0.05) is 43.4 Å². The van der Waals surface area contributed by atoms with Crippen molar-refractivity contribution in [2.24, 2.45) is 17.6 Å². The van der Waals surface area contributed by atoms with Crippen LogP contribution in [0, 0.1) is 11.8 Å². The van der Waals surface area contributed by atoms with Gasteiger partial charge < -0.3 is 41.1 Å².